The Labute approximate surface area is 225 Å². The Morgan fingerprint density at radius 2 is 1.62 bits per heavy atom. The number of aliphatic hydroxyl groups is 2. The zero-order chi connectivity index (χ0) is 26.2. The summed E-state index contributed by atoms with van der Waals surface area (Å²) in [5, 5.41) is 25.4. The minimum Gasteiger partial charge on any atom is -0.450 e. The molecule has 0 radical (unpaired) electrons. The molecule has 0 unspecified atom stereocenters. The number of rotatable bonds is 7. The van der Waals surface area contributed by atoms with Crippen LogP contribution >= 0.6 is 0 Å². The van der Waals surface area contributed by atoms with E-state index in [1.165, 1.54) is 51.4 Å². The minimum atomic E-state index is -0.225. The molecule has 10 atom stereocenters. The first-order valence-electron chi connectivity index (χ1n) is 16.1. The Hall–Kier alpha value is -0.810. The molecule has 5 heteroatoms. The Morgan fingerprint density at radius 3 is 2.38 bits per heavy atom. The van der Waals surface area contributed by atoms with E-state index in [1.807, 2.05) is 0 Å². The number of nitrogens with one attached hydrogen (secondary N) is 1. The van der Waals surface area contributed by atoms with Gasteiger partial charge in [0.1, 0.15) is 0 Å². The van der Waals surface area contributed by atoms with Crippen LogP contribution in [-0.2, 0) is 4.74 Å². The quantitative estimate of drug-likeness (QED) is 0.323. The molecule has 5 fully saturated rings. The fourth-order valence-electron chi connectivity index (χ4n) is 10.7. The van der Waals surface area contributed by atoms with Gasteiger partial charge < -0.3 is 20.3 Å². The number of ether oxygens (including phenoxy) is 1. The molecule has 0 saturated heterocycles. The van der Waals surface area contributed by atoms with Crippen molar-refractivity contribution in [3.05, 3.63) is 0 Å². The van der Waals surface area contributed by atoms with Gasteiger partial charge in [-0.3, -0.25) is 0 Å². The van der Waals surface area contributed by atoms with Gasteiger partial charge in [0.25, 0.3) is 0 Å². The van der Waals surface area contributed by atoms with Crippen LogP contribution in [0, 0.1) is 46.3 Å². The fraction of sp³-hybridized carbons (Fsp3) is 0.969. The second-order valence-corrected chi connectivity index (χ2v) is 14.3. The zero-order valence-corrected chi connectivity index (χ0v) is 23.9. The number of aliphatic hydroxyl groups excluding tert-OH is 2. The van der Waals surface area contributed by atoms with Crippen molar-refractivity contribution in [2.24, 2.45) is 46.3 Å². The standard InChI is InChI=1S/C32H55NO4/c1-4-24-27-20-23(34)15-17-32(27,3)26-16-18-31(2)21(13-14-25(31)28(26)29(24)35)10-8-9-19-37-30(36)33-22-11-6-5-7-12-22/h21-29,34-35H,4-20H2,1-3H3,(H,33,36)/t21-,23+,24+,25-,26-,27-,28-,29+,31+,32+/m0/s1. The molecule has 0 aromatic heterocycles. The third-order valence-corrected chi connectivity index (χ3v) is 12.7. The van der Waals surface area contributed by atoms with E-state index in [2.05, 4.69) is 26.1 Å². The number of carbonyl (C=O) groups is 1. The molecule has 0 aliphatic heterocycles. The van der Waals surface area contributed by atoms with Crippen LogP contribution in [0.2, 0.25) is 0 Å². The van der Waals surface area contributed by atoms with Gasteiger partial charge in [0.2, 0.25) is 0 Å². The summed E-state index contributed by atoms with van der Waals surface area (Å²) in [5.41, 5.74) is 0.607. The Balaban J connectivity index is 1.15. The van der Waals surface area contributed by atoms with E-state index in [0.29, 0.717) is 47.7 Å². The number of carbonyl (C=O) groups excluding carboxylic acids is 1. The smallest absolute Gasteiger partial charge is 0.407 e. The number of fused-ring (bicyclic) bond motifs is 5. The number of alkyl carbamates (subject to hydrolysis) is 1. The lowest BCUT2D eigenvalue weighted by atomic mass is 9.41. The lowest BCUT2D eigenvalue weighted by Gasteiger charge is -2.64. The topological polar surface area (TPSA) is 78.8 Å². The predicted octanol–water partition coefficient (Wildman–Crippen LogP) is 6.84. The molecule has 0 bridgehead atoms. The van der Waals surface area contributed by atoms with E-state index >= 15 is 0 Å². The van der Waals surface area contributed by atoms with Crippen LogP contribution in [0.4, 0.5) is 4.79 Å². The highest BCUT2D eigenvalue weighted by Crippen LogP contribution is 2.69. The molecule has 212 valence electrons. The van der Waals surface area contributed by atoms with E-state index in [-0.39, 0.29) is 23.7 Å². The van der Waals surface area contributed by atoms with Crippen molar-refractivity contribution in [3.8, 4) is 0 Å². The van der Waals surface area contributed by atoms with Gasteiger partial charge in [-0.05, 0) is 123 Å². The molecule has 3 N–H and O–H groups in total. The van der Waals surface area contributed by atoms with Crippen molar-refractivity contribution in [1.29, 1.82) is 0 Å². The average Bonchev–Trinajstić information content (AvgIpc) is 3.22. The highest BCUT2D eigenvalue weighted by Gasteiger charge is 2.64. The molecule has 5 rings (SSSR count). The van der Waals surface area contributed by atoms with E-state index in [0.717, 1.165) is 57.3 Å². The SMILES string of the molecule is CC[C@H]1[C@@H](O)[C@@H]2[C@H](CC[C@]3(C)[C@@H](CCCCOC(=O)NC4CCCCC4)CC[C@@H]23)[C@@]2(C)CC[C@@H](O)C[C@@H]12. The third-order valence-electron chi connectivity index (χ3n) is 12.7. The van der Waals surface area contributed by atoms with Crippen LogP contribution in [0.5, 0.6) is 0 Å². The third kappa shape index (κ3) is 5.22. The van der Waals surface area contributed by atoms with Crippen LogP contribution < -0.4 is 5.32 Å². The Kier molecular flexibility index (Phi) is 8.51. The number of hydrogen-bond donors (Lipinski definition) is 3. The molecule has 1 amide bonds. The van der Waals surface area contributed by atoms with Crippen molar-refractivity contribution in [3.63, 3.8) is 0 Å². The normalized spacial score (nSPS) is 46.0. The predicted molar refractivity (Wildman–Crippen MR) is 147 cm³/mol. The highest BCUT2D eigenvalue weighted by molar-refractivity contribution is 5.67. The molecule has 0 aromatic rings. The molecule has 5 nitrogen and oxygen atoms in total. The first kappa shape index (κ1) is 27.7. The largest absolute Gasteiger partial charge is 0.450 e. The summed E-state index contributed by atoms with van der Waals surface area (Å²) in [6.45, 7) is 7.85. The molecule has 5 saturated carbocycles. The molecular formula is C32H55NO4. The lowest BCUT2D eigenvalue weighted by Crippen LogP contribution is -2.62. The van der Waals surface area contributed by atoms with Crippen LogP contribution in [0.1, 0.15) is 124 Å². The molecule has 0 aromatic carbocycles. The van der Waals surface area contributed by atoms with Crippen molar-refractivity contribution in [2.75, 3.05) is 6.61 Å². The first-order chi connectivity index (χ1) is 17.8. The zero-order valence-electron chi connectivity index (χ0n) is 23.9. The number of unbranched alkanes of at least 4 members (excludes halogenated alkanes) is 1. The average molecular weight is 518 g/mol. The van der Waals surface area contributed by atoms with Crippen molar-refractivity contribution in [2.45, 2.75) is 142 Å². The van der Waals surface area contributed by atoms with Gasteiger partial charge in [0, 0.05) is 6.04 Å². The number of amides is 1. The van der Waals surface area contributed by atoms with Gasteiger partial charge in [-0.1, -0.05) is 46.5 Å². The highest BCUT2D eigenvalue weighted by atomic mass is 16.5. The van der Waals surface area contributed by atoms with Crippen LogP contribution in [-0.4, -0.2) is 41.2 Å². The summed E-state index contributed by atoms with van der Waals surface area (Å²) >= 11 is 0. The summed E-state index contributed by atoms with van der Waals surface area (Å²) < 4.78 is 5.52. The number of hydrogen-bond acceptors (Lipinski definition) is 4. The van der Waals surface area contributed by atoms with Crippen LogP contribution in [0.3, 0.4) is 0 Å². The summed E-state index contributed by atoms with van der Waals surface area (Å²) in [5.74, 6) is 3.18. The maximum absolute atomic E-state index is 12.2. The molecule has 5 aliphatic carbocycles. The maximum Gasteiger partial charge on any atom is 0.407 e. The molecule has 0 spiro atoms. The van der Waals surface area contributed by atoms with Gasteiger partial charge in [0.05, 0.1) is 18.8 Å². The maximum atomic E-state index is 12.2. The second-order valence-electron chi connectivity index (χ2n) is 14.3. The van der Waals surface area contributed by atoms with Crippen molar-refractivity contribution >= 4 is 6.09 Å². The molecule has 5 aliphatic rings. The van der Waals surface area contributed by atoms with E-state index < -0.39 is 0 Å². The van der Waals surface area contributed by atoms with Gasteiger partial charge in [-0.15, -0.1) is 0 Å². The lowest BCUT2D eigenvalue weighted by molar-refractivity contribution is -0.202. The van der Waals surface area contributed by atoms with Gasteiger partial charge in [-0.25, -0.2) is 4.79 Å². The van der Waals surface area contributed by atoms with E-state index in [9.17, 15) is 15.0 Å². The fourth-order valence-corrected chi connectivity index (χ4v) is 10.7. The van der Waals surface area contributed by atoms with Gasteiger partial charge in [-0.2, -0.15) is 0 Å². The summed E-state index contributed by atoms with van der Waals surface area (Å²) in [6.07, 6.45) is 17.6. The van der Waals surface area contributed by atoms with E-state index in [1.54, 1.807) is 0 Å². The molecule has 37 heavy (non-hydrogen) atoms. The molecular weight excluding hydrogens is 462 g/mol. The van der Waals surface area contributed by atoms with Gasteiger partial charge in [0.15, 0.2) is 0 Å². The van der Waals surface area contributed by atoms with Crippen molar-refractivity contribution in [1.82, 2.24) is 5.32 Å². The van der Waals surface area contributed by atoms with Crippen LogP contribution in [0.25, 0.3) is 0 Å². The van der Waals surface area contributed by atoms with Crippen molar-refractivity contribution < 1.29 is 19.7 Å². The van der Waals surface area contributed by atoms with Gasteiger partial charge >= 0.3 is 6.09 Å². The van der Waals surface area contributed by atoms with E-state index in [4.69, 9.17) is 4.74 Å². The second kappa shape index (κ2) is 11.4. The van der Waals surface area contributed by atoms with Crippen LogP contribution in [0.15, 0.2) is 0 Å². The summed E-state index contributed by atoms with van der Waals surface area (Å²) in [4.78, 5) is 12.2. The summed E-state index contributed by atoms with van der Waals surface area (Å²) in [6, 6.07) is 0.311. The molecule has 0 heterocycles. The Morgan fingerprint density at radius 1 is 0.892 bits per heavy atom. The summed E-state index contributed by atoms with van der Waals surface area (Å²) in [7, 11) is 0. The Bertz CT molecular complexity index is 783. The minimum absolute atomic E-state index is 0.178. The monoisotopic (exact) mass is 517 g/mol. The first-order valence-corrected chi connectivity index (χ1v) is 16.1.